The van der Waals surface area contributed by atoms with E-state index in [9.17, 15) is 10.1 Å². The van der Waals surface area contributed by atoms with Crippen molar-refractivity contribution in [2.75, 3.05) is 6.61 Å². The molecule has 0 aliphatic heterocycles. The van der Waals surface area contributed by atoms with Crippen molar-refractivity contribution >= 4 is 5.91 Å². The average molecular weight is 352 g/mol. The predicted octanol–water partition coefficient (Wildman–Crippen LogP) is 4.16. The van der Waals surface area contributed by atoms with Crippen LogP contribution in [0.2, 0.25) is 0 Å². The van der Waals surface area contributed by atoms with Crippen LogP contribution in [0.3, 0.4) is 0 Å². The van der Waals surface area contributed by atoms with Crippen LogP contribution in [0.25, 0.3) is 0 Å². The van der Waals surface area contributed by atoms with E-state index in [1.54, 1.807) is 0 Å². The van der Waals surface area contributed by atoms with Gasteiger partial charge in [-0.1, -0.05) is 11.6 Å². The van der Waals surface area contributed by atoms with Crippen LogP contribution in [0.4, 0.5) is 0 Å². The molecule has 4 rings (SSSR count). The summed E-state index contributed by atoms with van der Waals surface area (Å²) in [6.45, 7) is 2.87. The smallest absolute Gasteiger partial charge is 0.252 e. The highest BCUT2D eigenvalue weighted by atomic mass is 16.5. The van der Waals surface area contributed by atoms with Crippen LogP contribution in [0.1, 0.15) is 58.3 Å². The number of nitrogens with one attached hydrogen (secondary N) is 1. The maximum atomic E-state index is 12.8. The molecule has 4 nitrogen and oxygen atoms in total. The van der Waals surface area contributed by atoms with Crippen molar-refractivity contribution in [3.05, 3.63) is 34.6 Å². The number of ether oxygens (including phenoxy) is 1. The Labute approximate surface area is 156 Å². The molecule has 1 amide bonds. The SMILES string of the molecule is CC1=C(C(=O)NC(C#N)C2CC2)C=CC(C2CC2)=C(OCC2CC2)CC1. The molecule has 3 saturated carbocycles. The maximum absolute atomic E-state index is 12.8. The Balaban J connectivity index is 1.49. The summed E-state index contributed by atoms with van der Waals surface area (Å²) in [6.07, 6.45) is 12.9. The van der Waals surface area contributed by atoms with E-state index in [1.165, 1.54) is 31.3 Å². The first-order chi connectivity index (χ1) is 12.7. The van der Waals surface area contributed by atoms with Crippen molar-refractivity contribution in [1.29, 1.82) is 5.26 Å². The fraction of sp³-hybridized carbons (Fsp3) is 0.636. The lowest BCUT2D eigenvalue weighted by atomic mass is 9.95. The lowest BCUT2D eigenvalue weighted by Gasteiger charge is -2.19. The van der Waals surface area contributed by atoms with Crippen LogP contribution in [0.15, 0.2) is 34.6 Å². The van der Waals surface area contributed by atoms with E-state index >= 15 is 0 Å². The van der Waals surface area contributed by atoms with Crippen LogP contribution in [-0.4, -0.2) is 18.6 Å². The molecule has 0 aromatic heterocycles. The molecule has 4 heteroatoms. The number of nitrogens with zero attached hydrogens (tertiary/aromatic N) is 1. The first kappa shape index (κ1) is 17.4. The fourth-order valence-corrected chi connectivity index (χ4v) is 3.58. The molecule has 1 N–H and O–H groups in total. The van der Waals surface area contributed by atoms with Crippen LogP contribution < -0.4 is 5.32 Å². The standard InChI is InChI=1S/C22H28N2O2/c1-14-2-11-21(26-13-15-3-4-15)19(16-5-6-16)10-9-18(14)22(25)24-20(12-23)17-7-8-17/h9-10,15-17,20H,2-8,11,13H2,1H3,(H,24,25). The predicted molar refractivity (Wildman–Crippen MR) is 99.8 cm³/mol. The fourth-order valence-electron chi connectivity index (χ4n) is 3.58. The Morgan fingerprint density at radius 2 is 2.00 bits per heavy atom. The lowest BCUT2D eigenvalue weighted by Crippen LogP contribution is -2.36. The second kappa shape index (κ2) is 7.31. The van der Waals surface area contributed by atoms with Crippen molar-refractivity contribution in [3.8, 4) is 6.07 Å². The topological polar surface area (TPSA) is 62.1 Å². The molecule has 0 aromatic rings. The van der Waals surface area contributed by atoms with Crippen molar-refractivity contribution in [2.24, 2.45) is 17.8 Å². The summed E-state index contributed by atoms with van der Waals surface area (Å²) < 4.78 is 6.18. The van der Waals surface area contributed by atoms with Crippen LogP contribution >= 0.6 is 0 Å². The minimum absolute atomic E-state index is 0.102. The number of amides is 1. The van der Waals surface area contributed by atoms with Gasteiger partial charge in [0.25, 0.3) is 5.91 Å². The number of rotatable bonds is 7. The van der Waals surface area contributed by atoms with Crippen LogP contribution in [0.5, 0.6) is 0 Å². The highest BCUT2D eigenvalue weighted by Crippen LogP contribution is 2.42. The minimum Gasteiger partial charge on any atom is -0.497 e. The largest absolute Gasteiger partial charge is 0.497 e. The van der Waals surface area contributed by atoms with Gasteiger partial charge < -0.3 is 10.1 Å². The summed E-state index contributed by atoms with van der Waals surface area (Å²) >= 11 is 0. The molecule has 138 valence electrons. The van der Waals surface area contributed by atoms with Gasteiger partial charge in [0.05, 0.1) is 18.4 Å². The van der Waals surface area contributed by atoms with E-state index in [2.05, 4.69) is 17.5 Å². The van der Waals surface area contributed by atoms with Gasteiger partial charge in [0.2, 0.25) is 0 Å². The summed E-state index contributed by atoms with van der Waals surface area (Å²) in [5.74, 6) is 2.73. The molecule has 1 atom stereocenters. The van der Waals surface area contributed by atoms with Crippen molar-refractivity contribution in [2.45, 2.75) is 64.3 Å². The molecule has 4 aliphatic carbocycles. The number of hydrogen-bond donors (Lipinski definition) is 1. The van der Waals surface area contributed by atoms with Crippen molar-refractivity contribution in [3.63, 3.8) is 0 Å². The van der Waals surface area contributed by atoms with Gasteiger partial charge in [0.1, 0.15) is 6.04 Å². The molecule has 0 spiro atoms. The van der Waals surface area contributed by atoms with Crippen molar-refractivity contribution < 1.29 is 9.53 Å². The maximum Gasteiger partial charge on any atom is 0.252 e. The normalized spacial score (nSPS) is 24.6. The van der Waals surface area contributed by atoms with E-state index in [0.717, 1.165) is 55.1 Å². The zero-order valence-electron chi connectivity index (χ0n) is 15.6. The molecular weight excluding hydrogens is 324 g/mol. The molecule has 4 aliphatic rings. The van der Waals surface area contributed by atoms with Gasteiger partial charge in [0, 0.05) is 12.0 Å². The quantitative estimate of drug-likeness (QED) is 0.748. The number of carbonyl (C=O) groups is 1. The molecule has 0 heterocycles. The highest BCUT2D eigenvalue weighted by molar-refractivity contribution is 5.97. The van der Waals surface area contributed by atoms with Gasteiger partial charge in [-0.25, -0.2) is 0 Å². The number of hydrogen-bond acceptors (Lipinski definition) is 3. The zero-order valence-corrected chi connectivity index (χ0v) is 15.6. The van der Waals surface area contributed by atoms with E-state index in [-0.39, 0.29) is 11.9 Å². The van der Waals surface area contributed by atoms with Gasteiger partial charge in [-0.15, -0.1) is 0 Å². The van der Waals surface area contributed by atoms with Crippen LogP contribution in [0, 0.1) is 29.1 Å². The molecule has 1 unspecified atom stereocenters. The second-order valence-corrected chi connectivity index (χ2v) is 8.35. The third kappa shape index (κ3) is 4.20. The Morgan fingerprint density at radius 3 is 2.62 bits per heavy atom. The number of nitriles is 1. The Morgan fingerprint density at radius 1 is 1.23 bits per heavy atom. The van der Waals surface area contributed by atoms with E-state index in [1.807, 2.05) is 13.0 Å². The Bertz CT molecular complexity index is 713. The molecule has 0 aromatic carbocycles. The Hall–Kier alpha value is -2.02. The van der Waals surface area contributed by atoms with Gasteiger partial charge >= 0.3 is 0 Å². The first-order valence-corrected chi connectivity index (χ1v) is 10.1. The average Bonchev–Trinajstić information content (AvgIpc) is 3.48. The second-order valence-electron chi connectivity index (χ2n) is 8.35. The molecule has 0 radical (unpaired) electrons. The summed E-state index contributed by atoms with van der Waals surface area (Å²) in [5, 5.41) is 12.2. The van der Waals surface area contributed by atoms with E-state index in [0.29, 0.717) is 11.8 Å². The van der Waals surface area contributed by atoms with E-state index < -0.39 is 0 Å². The van der Waals surface area contributed by atoms with Crippen LogP contribution in [-0.2, 0) is 9.53 Å². The van der Waals surface area contributed by atoms with E-state index in [4.69, 9.17) is 4.74 Å². The molecule has 26 heavy (non-hydrogen) atoms. The summed E-state index contributed by atoms with van der Waals surface area (Å²) in [7, 11) is 0. The number of allylic oxidation sites excluding steroid dienone is 4. The molecular formula is C22H28N2O2. The van der Waals surface area contributed by atoms with Gasteiger partial charge in [-0.2, -0.15) is 5.26 Å². The summed E-state index contributed by atoms with van der Waals surface area (Å²) in [6, 6.07) is 1.90. The van der Waals surface area contributed by atoms with Gasteiger partial charge in [-0.3, -0.25) is 4.79 Å². The summed E-state index contributed by atoms with van der Waals surface area (Å²) in [4.78, 5) is 12.8. The van der Waals surface area contributed by atoms with Gasteiger partial charge in [-0.05, 0) is 81.3 Å². The highest BCUT2D eigenvalue weighted by Gasteiger charge is 2.33. The lowest BCUT2D eigenvalue weighted by molar-refractivity contribution is -0.117. The van der Waals surface area contributed by atoms with Crippen molar-refractivity contribution in [1.82, 2.24) is 5.32 Å². The molecule has 0 bridgehead atoms. The third-order valence-corrected chi connectivity index (χ3v) is 5.91. The van der Waals surface area contributed by atoms with Gasteiger partial charge in [0.15, 0.2) is 0 Å². The number of carbonyl (C=O) groups excluding carboxylic acids is 1. The minimum atomic E-state index is -0.350. The first-order valence-electron chi connectivity index (χ1n) is 10.1. The molecule has 3 fully saturated rings. The monoisotopic (exact) mass is 352 g/mol. The molecule has 0 saturated heterocycles. The zero-order chi connectivity index (χ0) is 18.1. The Kier molecular flexibility index (Phi) is 4.89. The summed E-state index contributed by atoms with van der Waals surface area (Å²) in [5.41, 5.74) is 3.10. The third-order valence-electron chi connectivity index (χ3n) is 5.91.